The molecule has 1 N–H and O–H groups in total. The smallest absolute Gasteiger partial charge is 0.295 e. The van der Waals surface area contributed by atoms with E-state index in [2.05, 4.69) is 30.4 Å². The topological polar surface area (TPSA) is 98.0 Å². The number of carbonyl (C=O) groups excluding carboxylic acids is 1. The zero-order valence-electron chi connectivity index (χ0n) is 16.5. The molecule has 0 bridgehead atoms. The van der Waals surface area contributed by atoms with Crippen LogP contribution in [0.2, 0.25) is 0 Å². The number of benzene rings is 1. The van der Waals surface area contributed by atoms with Crippen molar-refractivity contribution in [2.24, 2.45) is 0 Å². The maximum absolute atomic E-state index is 12.5. The summed E-state index contributed by atoms with van der Waals surface area (Å²) in [4.78, 5) is 30.9. The average molecular weight is 405 g/mol. The number of rotatable bonds is 4. The maximum Gasteiger partial charge on any atom is 0.295 e. The number of amides is 1. The highest BCUT2D eigenvalue weighted by atomic mass is 32.2. The van der Waals surface area contributed by atoms with Crippen LogP contribution in [0.5, 0.6) is 0 Å². The van der Waals surface area contributed by atoms with E-state index in [9.17, 15) is 4.79 Å². The van der Waals surface area contributed by atoms with Crippen molar-refractivity contribution >= 4 is 29.1 Å². The summed E-state index contributed by atoms with van der Waals surface area (Å²) >= 11 is 1.47. The van der Waals surface area contributed by atoms with E-state index in [0.717, 1.165) is 27.7 Å². The van der Waals surface area contributed by atoms with Gasteiger partial charge in [-0.1, -0.05) is 0 Å². The minimum Gasteiger partial charge on any atom is -0.319 e. The summed E-state index contributed by atoms with van der Waals surface area (Å²) in [6, 6.07) is 11.3. The molecule has 0 saturated carbocycles. The molecule has 0 aliphatic heterocycles. The molecule has 4 aromatic rings. The van der Waals surface area contributed by atoms with Gasteiger partial charge in [-0.3, -0.25) is 4.79 Å². The first-order valence-electron chi connectivity index (χ1n) is 9.00. The third-order valence-corrected chi connectivity index (χ3v) is 4.98. The number of nitrogens with zero attached hydrogens (tertiary/aromatic N) is 6. The Labute approximate surface area is 171 Å². The summed E-state index contributed by atoms with van der Waals surface area (Å²) in [5, 5.41) is 7.77. The van der Waals surface area contributed by atoms with Gasteiger partial charge in [0.15, 0.2) is 5.16 Å². The lowest BCUT2D eigenvalue weighted by atomic mass is 10.3. The lowest BCUT2D eigenvalue weighted by Crippen LogP contribution is -2.14. The first-order chi connectivity index (χ1) is 13.9. The molecule has 1 amide bonds. The molecule has 0 atom stereocenters. The largest absolute Gasteiger partial charge is 0.319 e. The van der Waals surface area contributed by atoms with E-state index in [-0.39, 0.29) is 11.7 Å². The van der Waals surface area contributed by atoms with Crippen LogP contribution >= 0.6 is 11.8 Å². The van der Waals surface area contributed by atoms with Gasteiger partial charge in [-0.2, -0.15) is 4.98 Å². The molecular weight excluding hydrogens is 386 g/mol. The molecule has 9 heteroatoms. The predicted molar refractivity (Wildman–Crippen MR) is 110 cm³/mol. The SMILES string of the molecule is Cc1cc(C)nc(Sc2ccc(NC(=O)c3nc4nc(C)cc(C)n4n3)cc2)n1. The zero-order chi connectivity index (χ0) is 20.5. The third kappa shape index (κ3) is 4.24. The molecule has 3 aromatic heterocycles. The summed E-state index contributed by atoms with van der Waals surface area (Å²) in [5.74, 6) is 0.103. The van der Waals surface area contributed by atoms with Gasteiger partial charge in [0.2, 0.25) is 5.82 Å². The van der Waals surface area contributed by atoms with Crippen molar-refractivity contribution in [2.75, 3.05) is 5.32 Å². The van der Waals surface area contributed by atoms with Crippen LogP contribution in [0.1, 0.15) is 33.4 Å². The normalized spacial score (nSPS) is 11.0. The molecule has 0 unspecified atom stereocenters. The van der Waals surface area contributed by atoms with Gasteiger partial charge >= 0.3 is 0 Å². The summed E-state index contributed by atoms with van der Waals surface area (Å²) in [6.07, 6.45) is 0. The van der Waals surface area contributed by atoms with Crippen LogP contribution < -0.4 is 5.32 Å². The van der Waals surface area contributed by atoms with Crippen molar-refractivity contribution in [2.45, 2.75) is 37.7 Å². The lowest BCUT2D eigenvalue weighted by molar-refractivity contribution is 0.101. The molecule has 0 aliphatic carbocycles. The van der Waals surface area contributed by atoms with Crippen molar-refractivity contribution < 1.29 is 4.79 Å². The number of nitrogens with one attached hydrogen (secondary N) is 1. The summed E-state index contributed by atoms with van der Waals surface area (Å²) in [5.41, 5.74) is 4.22. The first-order valence-corrected chi connectivity index (χ1v) is 9.81. The number of aryl methyl sites for hydroxylation is 4. The minimum atomic E-state index is -0.384. The molecule has 0 saturated heterocycles. The summed E-state index contributed by atoms with van der Waals surface area (Å²) in [6.45, 7) is 7.67. The maximum atomic E-state index is 12.5. The predicted octanol–water partition coefficient (Wildman–Crippen LogP) is 3.55. The van der Waals surface area contributed by atoms with Crippen LogP contribution in [0.4, 0.5) is 5.69 Å². The molecule has 0 fully saturated rings. The first kappa shape index (κ1) is 19.0. The highest BCUT2D eigenvalue weighted by Crippen LogP contribution is 2.26. The Morgan fingerprint density at radius 2 is 1.55 bits per heavy atom. The second-order valence-corrected chi connectivity index (χ2v) is 7.74. The van der Waals surface area contributed by atoms with E-state index < -0.39 is 0 Å². The molecule has 29 heavy (non-hydrogen) atoms. The van der Waals surface area contributed by atoms with Gasteiger partial charge in [0, 0.05) is 33.4 Å². The third-order valence-electron chi connectivity index (χ3n) is 4.10. The molecule has 0 spiro atoms. The van der Waals surface area contributed by atoms with E-state index in [1.807, 2.05) is 64.1 Å². The number of hydrogen-bond donors (Lipinski definition) is 1. The van der Waals surface area contributed by atoms with E-state index in [0.29, 0.717) is 16.6 Å². The minimum absolute atomic E-state index is 0.0771. The Morgan fingerprint density at radius 1 is 0.897 bits per heavy atom. The van der Waals surface area contributed by atoms with E-state index >= 15 is 0 Å². The van der Waals surface area contributed by atoms with Crippen molar-refractivity contribution in [3.63, 3.8) is 0 Å². The highest BCUT2D eigenvalue weighted by molar-refractivity contribution is 7.99. The lowest BCUT2D eigenvalue weighted by Gasteiger charge is -2.05. The fourth-order valence-corrected chi connectivity index (χ4v) is 3.76. The molecule has 4 rings (SSSR count). The van der Waals surface area contributed by atoms with Crippen LogP contribution in [0.25, 0.3) is 5.78 Å². The van der Waals surface area contributed by atoms with Crippen LogP contribution in [0, 0.1) is 27.7 Å². The molecule has 3 heterocycles. The molecule has 146 valence electrons. The summed E-state index contributed by atoms with van der Waals surface area (Å²) < 4.78 is 1.56. The van der Waals surface area contributed by atoms with Gasteiger partial charge in [0.1, 0.15) is 0 Å². The van der Waals surface area contributed by atoms with E-state index in [4.69, 9.17) is 0 Å². The molecule has 8 nitrogen and oxygen atoms in total. The Bertz CT molecular complexity index is 1200. The van der Waals surface area contributed by atoms with Crippen molar-refractivity contribution in [3.05, 3.63) is 65.0 Å². The number of anilines is 1. The van der Waals surface area contributed by atoms with Crippen molar-refractivity contribution in [1.29, 1.82) is 0 Å². The van der Waals surface area contributed by atoms with Gasteiger partial charge in [-0.25, -0.2) is 19.5 Å². The van der Waals surface area contributed by atoms with Crippen molar-refractivity contribution in [3.8, 4) is 0 Å². The molecular formula is C20H19N7OS. The number of fused-ring (bicyclic) bond motifs is 1. The molecule has 0 radical (unpaired) electrons. The van der Waals surface area contributed by atoms with Gasteiger partial charge in [-0.05, 0) is 75.9 Å². The monoisotopic (exact) mass is 405 g/mol. The quantitative estimate of drug-likeness (QED) is 0.518. The van der Waals surface area contributed by atoms with Crippen LogP contribution in [0.3, 0.4) is 0 Å². The van der Waals surface area contributed by atoms with Crippen LogP contribution in [-0.2, 0) is 0 Å². The summed E-state index contributed by atoms with van der Waals surface area (Å²) in [7, 11) is 0. The second kappa shape index (κ2) is 7.59. The number of carbonyl (C=O) groups is 1. The number of aromatic nitrogens is 6. The van der Waals surface area contributed by atoms with E-state index in [1.165, 1.54) is 11.8 Å². The van der Waals surface area contributed by atoms with Gasteiger partial charge in [0.25, 0.3) is 11.7 Å². The van der Waals surface area contributed by atoms with Gasteiger partial charge in [0.05, 0.1) is 0 Å². The van der Waals surface area contributed by atoms with Crippen molar-refractivity contribution in [1.82, 2.24) is 29.5 Å². The fraction of sp³-hybridized carbons (Fsp3) is 0.200. The van der Waals surface area contributed by atoms with Gasteiger partial charge < -0.3 is 5.32 Å². The Kier molecular flexibility index (Phi) is 4.98. The molecule has 0 aliphatic rings. The Morgan fingerprint density at radius 3 is 2.24 bits per heavy atom. The zero-order valence-corrected chi connectivity index (χ0v) is 17.3. The van der Waals surface area contributed by atoms with E-state index in [1.54, 1.807) is 4.52 Å². The molecule has 1 aromatic carbocycles. The van der Waals surface area contributed by atoms with Gasteiger partial charge in [-0.15, -0.1) is 5.10 Å². The van der Waals surface area contributed by atoms with Crippen LogP contribution in [-0.4, -0.2) is 35.5 Å². The second-order valence-electron chi connectivity index (χ2n) is 6.70. The standard InChI is InChI=1S/C20H19N7OS/c1-11-9-12(2)23-20(22-11)29-16-7-5-15(6-8-16)24-18(28)17-25-19-21-13(3)10-14(4)27(19)26-17/h5-10H,1-4H3,(H,24,28). The number of hydrogen-bond acceptors (Lipinski definition) is 7. The van der Waals surface area contributed by atoms with Crippen LogP contribution in [0.15, 0.2) is 46.5 Å². The Hall–Kier alpha value is -3.33. The highest BCUT2D eigenvalue weighted by Gasteiger charge is 2.15. The Balaban J connectivity index is 1.48. The average Bonchev–Trinajstić information content (AvgIpc) is 3.07. The fourth-order valence-electron chi connectivity index (χ4n) is 2.90.